The van der Waals surface area contributed by atoms with Crippen molar-refractivity contribution in [1.29, 1.82) is 0 Å². The number of hydrogen-bond acceptors (Lipinski definition) is 2. The van der Waals surface area contributed by atoms with Crippen LogP contribution in [-0.4, -0.2) is 10.2 Å². The van der Waals surface area contributed by atoms with E-state index < -0.39 is 65.9 Å². The van der Waals surface area contributed by atoms with Crippen molar-refractivity contribution in [1.82, 2.24) is 0 Å². The lowest BCUT2D eigenvalue weighted by Crippen LogP contribution is -2.19. The Hall–Kier alpha value is -0.0400. The lowest BCUT2D eigenvalue weighted by atomic mass is 9.78. The van der Waals surface area contributed by atoms with Crippen LogP contribution in [-0.2, 0) is 5.41 Å². The molecule has 2 nitrogen and oxygen atoms in total. The van der Waals surface area contributed by atoms with Crippen molar-refractivity contribution in [3.8, 4) is 11.5 Å². The first-order valence-corrected chi connectivity index (χ1v) is 8.38. The van der Waals surface area contributed by atoms with Crippen LogP contribution in [0.15, 0.2) is 42.1 Å². The molecule has 112 valence electrons. The summed E-state index contributed by atoms with van der Waals surface area (Å²) in [5, 5.41) is 20.3. The fourth-order valence-corrected chi connectivity index (χ4v) is 3.55. The maximum atomic E-state index is 10.1. The van der Waals surface area contributed by atoms with Crippen LogP contribution in [0.2, 0.25) is 0 Å². The summed E-state index contributed by atoms with van der Waals surface area (Å²) in [7, 11) is 0. The van der Waals surface area contributed by atoms with Crippen molar-refractivity contribution >= 4 is 63.7 Å². The van der Waals surface area contributed by atoms with Crippen molar-refractivity contribution in [3.63, 3.8) is 0 Å². The summed E-state index contributed by atoms with van der Waals surface area (Å²) in [6.07, 6.45) is 0. The third-order valence-electron chi connectivity index (χ3n) is 2.52. The topological polar surface area (TPSA) is 40.5 Å². The van der Waals surface area contributed by atoms with E-state index in [0.29, 0.717) is 0 Å². The molecule has 0 spiro atoms. The second-order valence-corrected chi connectivity index (χ2v) is 7.13. The Bertz CT molecular complexity index is 938. The van der Waals surface area contributed by atoms with Gasteiger partial charge in [0.15, 0.2) is 0 Å². The van der Waals surface area contributed by atoms with E-state index in [1.807, 2.05) is 0 Å². The molecule has 0 saturated heterocycles. The van der Waals surface area contributed by atoms with Gasteiger partial charge in [0.1, 0.15) is 11.5 Å². The fourth-order valence-electron chi connectivity index (χ4n) is 1.43. The van der Waals surface area contributed by atoms with Crippen LogP contribution in [0.3, 0.4) is 0 Å². The minimum atomic E-state index is -3.51. The van der Waals surface area contributed by atoms with Gasteiger partial charge in [0.05, 0.1) is 23.4 Å². The largest absolute Gasteiger partial charge is 0.506 e. The molecule has 0 unspecified atom stereocenters. The second kappa shape index (κ2) is 6.22. The molecular formula is C15H12Br4O2. The first-order chi connectivity index (χ1) is 13.9. The number of phenolic OH excluding ortho intramolecular Hbond substituents is 2. The number of phenols is 2. The van der Waals surface area contributed by atoms with Gasteiger partial charge in [-0.2, -0.15) is 0 Å². The first kappa shape index (κ1) is 8.18. The highest BCUT2D eigenvalue weighted by atomic mass is 79.9. The number of aromatic hydroxyl groups is 2. The summed E-state index contributed by atoms with van der Waals surface area (Å²) in [6.45, 7) is -7.03. The molecule has 0 aliphatic heterocycles. The maximum absolute atomic E-state index is 10.1. The summed E-state index contributed by atoms with van der Waals surface area (Å²) in [5.41, 5.74) is -4.93. The molecule has 0 amide bonds. The summed E-state index contributed by atoms with van der Waals surface area (Å²) in [5.74, 6) is -1.23. The Morgan fingerprint density at radius 2 is 1.10 bits per heavy atom. The average Bonchev–Trinajstić information content (AvgIpc) is 2.64. The van der Waals surface area contributed by atoms with Crippen molar-refractivity contribution in [2.75, 3.05) is 0 Å². The molecule has 6 heteroatoms. The normalized spacial score (nSPS) is 19.8. The van der Waals surface area contributed by atoms with Crippen LogP contribution < -0.4 is 0 Å². The van der Waals surface area contributed by atoms with Crippen LogP contribution in [0.25, 0.3) is 0 Å². The van der Waals surface area contributed by atoms with Crippen molar-refractivity contribution in [2.45, 2.75) is 19.1 Å². The molecule has 2 N–H and O–H groups in total. The number of rotatable bonds is 2. The van der Waals surface area contributed by atoms with Gasteiger partial charge in [-0.15, -0.1) is 0 Å². The predicted molar refractivity (Wildman–Crippen MR) is 99.1 cm³/mol. The molecule has 0 heterocycles. The third kappa shape index (κ3) is 3.33. The van der Waals surface area contributed by atoms with E-state index in [2.05, 4.69) is 63.7 Å². The summed E-state index contributed by atoms with van der Waals surface area (Å²) in [4.78, 5) is 0. The van der Waals surface area contributed by atoms with Crippen LogP contribution in [0.1, 0.15) is 38.5 Å². The van der Waals surface area contributed by atoms with Crippen LogP contribution >= 0.6 is 63.7 Å². The summed E-state index contributed by atoms with van der Waals surface area (Å²) in [6, 6.07) is -3.23. The zero-order valence-corrected chi connectivity index (χ0v) is 16.3. The molecular weight excluding hydrogens is 532 g/mol. The molecule has 2 aromatic carbocycles. The van der Waals surface area contributed by atoms with Gasteiger partial charge in [-0.05, 0) is 99.0 Å². The summed E-state index contributed by atoms with van der Waals surface area (Å²) >= 11 is 11.7. The lowest BCUT2D eigenvalue weighted by molar-refractivity contribution is 0.466. The van der Waals surface area contributed by atoms with Crippen molar-refractivity contribution < 1.29 is 23.9 Å². The highest BCUT2D eigenvalue weighted by Crippen LogP contribution is 2.43. The van der Waals surface area contributed by atoms with Crippen LogP contribution in [0.4, 0.5) is 0 Å². The van der Waals surface area contributed by atoms with Gasteiger partial charge in [0, 0.05) is 13.6 Å². The van der Waals surface area contributed by atoms with Crippen molar-refractivity contribution in [2.24, 2.45) is 0 Å². The molecule has 0 fully saturated rings. The minimum Gasteiger partial charge on any atom is -0.506 e. The zero-order chi connectivity index (χ0) is 24.4. The van der Waals surface area contributed by atoms with E-state index in [1.165, 1.54) is 0 Å². The van der Waals surface area contributed by atoms with Gasteiger partial charge in [-0.25, -0.2) is 0 Å². The molecule has 0 bridgehead atoms. The summed E-state index contributed by atoms with van der Waals surface area (Å²) < 4.78 is 81.2. The molecule has 0 atom stereocenters. The van der Waals surface area contributed by atoms with E-state index in [1.54, 1.807) is 0 Å². The number of benzene rings is 2. The highest BCUT2D eigenvalue weighted by molar-refractivity contribution is 9.11. The number of halogens is 4. The monoisotopic (exact) mass is 550 g/mol. The van der Waals surface area contributed by atoms with E-state index in [-0.39, 0.29) is 17.9 Å². The molecule has 21 heavy (non-hydrogen) atoms. The number of hydrogen-bond donors (Lipinski definition) is 2. The van der Waals surface area contributed by atoms with E-state index in [0.717, 1.165) is 0 Å². The zero-order valence-electron chi connectivity index (χ0n) is 19.9. The van der Waals surface area contributed by atoms with E-state index in [4.69, 9.17) is 13.7 Å². The molecule has 0 aliphatic carbocycles. The van der Waals surface area contributed by atoms with Crippen LogP contribution in [0.5, 0.6) is 11.5 Å². The fraction of sp³-hybridized carbons (Fsp3) is 0.200. The van der Waals surface area contributed by atoms with Gasteiger partial charge < -0.3 is 10.2 Å². The van der Waals surface area contributed by atoms with Gasteiger partial charge in [-0.3, -0.25) is 0 Å². The SMILES string of the molecule is [2H]c1c(Br)c(O)c(Br)c([2H])c1C(c1c([2H])c(Br)c(O)c(Br)c1[2H])(C([2H])([2H])[2H])C([2H])([2H])[2H]. The van der Waals surface area contributed by atoms with E-state index in [9.17, 15) is 10.2 Å². The molecule has 0 aromatic heterocycles. The smallest absolute Gasteiger partial charge is 0.143 e. The molecule has 0 saturated carbocycles. The van der Waals surface area contributed by atoms with Gasteiger partial charge in [-0.1, -0.05) is 13.7 Å². The Labute approximate surface area is 171 Å². The molecule has 2 rings (SSSR count). The standard InChI is InChI=1S/C15H12Br4O2/c1-15(2,7-3-9(16)13(20)10(17)4-7)8-5-11(18)14(21)12(19)6-8/h3-6,20-21H,1-2H3/i1D3,2D3,3D,4D,5D,6D. The molecule has 2 aromatic rings. The average molecular weight is 554 g/mol. The molecule has 0 aliphatic rings. The Kier molecular flexibility index (Phi) is 2.42. The highest BCUT2D eigenvalue weighted by Gasteiger charge is 2.26. The second-order valence-electron chi connectivity index (χ2n) is 3.95. The van der Waals surface area contributed by atoms with Crippen molar-refractivity contribution in [3.05, 3.63) is 53.2 Å². The Morgan fingerprint density at radius 1 is 0.810 bits per heavy atom. The Balaban J connectivity index is 3.41. The molecule has 0 radical (unpaired) electrons. The maximum Gasteiger partial charge on any atom is 0.143 e. The van der Waals surface area contributed by atoms with Gasteiger partial charge >= 0.3 is 0 Å². The lowest BCUT2D eigenvalue weighted by Gasteiger charge is -2.27. The predicted octanol–water partition coefficient (Wildman–Crippen LogP) is 6.47. The van der Waals surface area contributed by atoms with E-state index >= 15 is 0 Å². The van der Waals surface area contributed by atoms with Crippen LogP contribution in [0, 0.1) is 0 Å². The van der Waals surface area contributed by atoms with Gasteiger partial charge in [0.2, 0.25) is 0 Å². The first-order valence-electron chi connectivity index (χ1n) is 10.2. The van der Waals surface area contributed by atoms with Gasteiger partial charge in [0.25, 0.3) is 0 Å². The minimum absolute atomic E-state index is 0.377. The Morgan fingerprint density at radius 3 is 1.33 bits per heavy atom. The quantitative estimate of drug-likeness (QED) is 0.447. The third-order valence-corrected chi connectivity index (χ3v) is 4.82.